The molecule has 0 radical (unpaired) electrons. The molecule has 1 amide bonds. The van der Waals surface area contributed by atoms with E-state index in [0.29, 0.717) is 10.9 Å². The van der Waals surface area contributed by atoms with E-state index in [0.717, 1.165) is 0 Å². The Hall–Kier alpha value is -3.55. The average molecular weight is 355 g/mol. The van der Waals surface area contributed by atoms with Gasteiger partial charge < -0.3 is 10.1 Å². The Balaban J connectivity index is 1.70. The minimum Gasteiger partial charge on any atom is -0.451 e. The SMILES string of the molecule is Cc1ccc(NC(=O)COC(=O)c2n[nH]c(=O)c3ccccc23)c(F)c1. The van der Waals surface area contributed by atoms with Crippen LogP contribution in [0, 0.1) is 12.7 Å². The highest BCUT2D eigenvalue weighted by molar-refractivity contribution is 6.03. The minimum atomic E-state index is -0.878. The number of rotatable bonds is 4. The number of amides is 1. The molecule has 0 unspecified atom stereocenters. The number of aromatic nitrogens is 2. The number of esters is 1. The van der Waals surface area contributed by atoms with Crippen molar-refractivity contribution >= 4 is 28.3 Å². The second kappa shape index (κ2) is 7.14. The molecule has 1 heterocycles. The third-order valence-corrected chi connectivity index (χ3v) is 3.62. The number of hydrogen-bond donors (Lipinski definition) is 2. The van der Waals surface area contributed by atoms with Crippen molar-refractivity contribution in [2.45, 2.75) is 6.92 Å². The molecule has 0 atom stereocenters. The lowest BCUT2D eigenvalue weighted by Crippen LogP contribution is -2.23. The molecule has 2 N–H and O–H groups in total. The molecule has 2 aromatic carbocycles. The van der Waals surface area contributed by atoms with Gasteiger partial charge in [-0.3, -0.25) is 9.59 Å². The molecular weight excluding hydrogens is 341 g/mol. The first-order valence-electron chi connectivity index (χ1n) is 7.66. The number of aromatic amines is 1. The number of ether oxygens (including phenoxy) is 1. The summed E-state index contributed by atoms with van der Waals surface area (Å²) in [5.74, 6) is -2.16. The van der Waals surface area contributed by atoms with Gasteiger partial charge >= 0.3 is 5.97 Å². The van der Waals surface area contributed by atoms with E-state index in [2.05, 4.69) is 15.5 Å². The summed E-state index contributed by atoms with van der Waals surface area (Å²) in [6.07, 6.45) is 0. The third-order valence-electron chi connectivity index (χ3n) is 3.62. The molecule has 8 heteroatoms. The van der Waals surface area contributed by atoms with Crippen LogP contribution in [-0.2, 0) is 9.53 Å². The van der Waals surface area contributed by atoms with Crippen molar-refractivity contribution in [1.82, 2.24) is 10.2 Å². The van der Waals surface area contributed by atoms with Gasteiger partial charge in [-0.1, -0.05) is 24.3 Å². The van der Waals surface area contributed by atoms with Gasteiger partial charge in [0.05, 0.1) is 11.1 Å². The fourth-order valence-corrected chi connectivity index (χ4v) is 2.38. The van der Waals surface area contributed by atoms with Crippen molar-refractivity contribution in [3.8, 4) is 0 Å². The summed E-state index contributed by atoms with van der Waals surface area (Å²) < 4.78 is 18.6. The van der Waals surface area contributed by atoms with Crippen LogP contribution in [0.4, 0.5) is 10.1 Å². The Morgan fingerprint density at radius 1 is 1.19 bits per heavy atom. The highest BCUT2D eigenvalue weighted by Crippen LogP contribution is 2.16. The Morgan fingerprint density at radius 2 is 1.92 bits per heavy atom. The van der Waals surface area contributed by atoms with Gasteiger partial charge in [-0.05, 0) is 30.7 Å². The Morgan fingerprint density at radius 3 is 2.65 bits per heavy atom. The van der Waals surface area contributed by atoms with Gasteiger partial charge in [0, 0.05) is 5.39 Å². The lowest BCUT2D eigenvalue weighted by atomic mass is 10.1. The van der Waals surface area contributed by atoms with Crippen molar-refractivity contribution in [3.63, 3.8) is 0 Å². The molecule has 0 saturated carbocycles. The number of benzene rings is 2. The Bertz CT molecular complexity index is 1060. The highest BCUT2D eigenvalue weighted by Gasteiger charge is 2.17. The second-order valence-corrected chi connectivity index (χ2v) is 5.55. The summed E-state index contributed by atoms with van der Waals surface area (Å²) in [4.78, 5) is 35.8. The molecule has 0 saturated heterocycles. The lowest BCUT2D eigenvalue weighted by molar-refractivity contribution is -0.119. The average Bonchev–Trinajstić information content (AvgIpc) is 2.63. The third kappa shape index (κ3) is 3.59. The van der Waals surface area contributed by atoms with Gasteiger partial charge in [-0.25, -0.2) is 14.3 Å². The van der Waals surface area contributed by atoms with E-state index in [-0.39, 0.29) is 16.8 Å². The van der Waals surface area contributed by atoms with Crippen LogP contribution < -0.4 is 10.9 Å². The van der Waals surface area contributed by atoms with E-state index in [1.165, 1.54) is 12.1 Å². The smallest absolute Gasteiger partial charge is 0.359 e. The fraction of sp³-hybridized carbons (Fsp3) is 0.111. The Labute approximate surface area is 146 Å². The zero-order valence-corrected chi connectivity index (χ0v) is 13.7. The summed E-state index contributed by atoms with van der Waals surface area (Å²) in [6, 6.07) is 10.7. The number of halogens is 1. The van der Waals surface area contributed by atoms with Crippen LogP contribution in [-0.4, -0.2) is 28.7 Å². The topological polar surface area (TPSA) is 101 Å². The quantitative estimate of drug-likeness (QED) is 0.699. The second-order valence-electron chi connectivity index (χ2n) is 5.55. The molecule has 1 aromatic heterocycles. The number of H-pyrrole nitrogens is 1. The number of nitrogens with zero attached hydrogens (tertiary/aromatic N) is 1. The number of carbonyl (C=O) groups excluding carboxylic acids is 2. The lowest BCUT2D eigenvalue weighted by Gasteiger charge is -2.08. The van der Waals surface area contributed by atoms with Gasteiger partial charge in [-0.15, -0.1) is 0 Å². The number of fused-ring (bicyclic) bond motifs is 1. The zero-order chi connectivity index (χ0) is 18.7. The molecule has 0 aliphatic rings. The fourth-order valence-electron chi connectivity index (χ4n) is 2.38. The van der Waals surface area contributed by atoms with Crippen LogP contribution in [0.2, 0.25) is 0 Å². The number of aryl methyl sites for hydroxylation is 1. The van der Waals surface area contributed by atoms with E-state index in [1.54, 1.807) is 37.3 Å². The van der Waals surface area contributed by atoms with Crippen molar-refractivity contribution in [2.75, 3.05) is 11.9 Å². The number of carbonyl (C=O) groups is 2. The highest BCUT2D eigenvalue weighted by atomic mass is 19.1. The maximum atomic E-state index is 13.7. The molecule has 26 heavy (non-hydrogen) atoms. The molecule has 0 bridgehead atoms. The van der Waals surface area contributed by atoms with E-state index in [1.807, 2.05) is 0 Å². The predicted octanol–water partition coefficient (Wildman–Crippen LogP) is 2.17. The van der Waals surface area contributed by atoms with Crippen LogP contribution in [0.1, 0.15) is 16.1 Å². The molecule has 0 aliphatic carbocycles. The molecule has 132 valence electrons. The first-order valence-corrected chi connectivity index (χ1v) is 7.66. The van der Waals surface area contributed by atoms with Crippen LogP contribution in [0.5, 0.6) is 0 Å². The summed E-state index contributed by atoms with van der Waals surface area (Å²) in [6.45, 7) is 1.10. The maximum absolute atomic E-state index is 13.7. The Kier molecular flexibility index (Phi) is 4.74. The molecule has 0 spiro atoms. The summed E-state index contributed by atoms with van der Waals surface area (Å²) >= 11 is 0. The summed E-state index contributed by atoms with van der Waals surface area (Å²) in [7, 11) is 0. The normalized spacial score (nSPS) is 10.5. The monoisotopic (exact) mass is 355 g/mol. The molecule has 3 aromatic rings. The first kappa shape index (κ1) is 17.3. The van der Waals surface area contributed by atoms with E-state index in [9.17, 15) is 18.8 Å². The summed E-state index contributed by atoms with van der Waals surface area (Å²) in [5, 5.41) is 8.81. The molecule has 7 nitrogen and oxygen atoms in total. The van der Waals surface area contributed by atoms with Gasteiger partial charge in [0.15, 0.2) is 12.3 Å². The maximum Gasteiger partial charge on any atom is 0.359 e. The zero-order valence-electron chi connectivity index (χ0n) is 13.7. The molecule has 3 rings (SSSR count). The first-order chi connectivity index (χ1) is 12.5. The molecular formula is C18H14FN3O4. The molecule has 0 aliphatic heterocycles. The standard InChI is InChI=1S/C18H14FN3O4/c1-10-6-7-14(13(19)8-10)20-15(23)9-26-18(25)16-11-4-2-3-5-12(11)17(24)22-21-16/h2-8H,9H2,1H3,(H,20,23)(H,22,24). The van der Waals surface area contributed by atoms with Crippen LogP contribution in [0.15, 0.2) is 47.3 Å². The largest absolute Gasteiger partial charge is 0.451 e. The van der Waals surface area contributed by atoms with E-state index in [4.69, 9.17) is 4.74 Å². The van der Waals surface area contributed by atoms with Crippen LogP contribution >= 0.6 is 0 Å². The number of nitrogens with one attached hydrogen (secondary N) is 2. The molecule has 0 fully saturated rings. The van der Waals surface area contributed by atoms with Crippen LogP contribution in [0.25, 0.3) is 10.8 Å². The summed E-state index contributed by atoms with van der Waals surface area (Å²) in [5.41, 5.74) is 0.145. The van der Waals surface area contributed by atoms with E-state index >= 15 is 0 Å². The minimum absolute atomic E-state index is 0.00994. The van der Waals surface area contributed by atoms with E-state index < -0.39 is 29.9 Å². The van der Waals surface area contributed by atoms with Crippen molar-refractivity contribution in [1.29, 1.82) is 0 Å². The van der Waals surface area contributed by atoms with Gasteiger partial charge in [0.1, 0.15) is 5.82 Å². The number of anilines is 1. The number of hydrogen-bond acceptors (Lipinski definition) is 5. The van der Waals surface area contributed by atoms with Crippen LogP contribution in [0.3, 0.4) is 0 Å². The predicted molar refractivity (Wildman–Crippen MR) is 92.4 cm³/mol. The van der Waals surface area contributed by atoms with Crippen molar-refractivity contribution in [3.05, 3.63) is 69.9 Å². The van der Waals surface area contributed by atoms with Gasteiger partial charge in [0.2, 0.25) is 0 Å². The van der Waals surface area contributed by atoms with Gasteiger partial charge in [0.25, 0.3) is 11.5 Å². The van der Waals surface area contributed by atoms with Crippen molar-refractivity contribution in [2.24, 2.45) is 0 Å². The van der Waals surface area contributed by atoms with Gasteiger partial charge in [-0.2, -0.15) is 5.10 Å². The van der Waals surface area contributed by atoms with Crippen molar-refractivity contribution < 1.29 is 18.7 Å².